The highest BCUT2D eigenvalue weighted by Gasteiger charge is 2.46. The number of ketones is 1. The van der Waals surface area contributed by atoms with Gasteiger partial charge in [-0.2, -0.15) is 0 Å². The van der Waals surface area contributed by atoms with E-state index >= 15 is 0 Å². The van der Waals surface area contributed by atoms with Gasteiger partial charge < -0.3 is 24.4 Å². The lowest BCUT2D eigenvalue weighted by atomic mass is 9.94. The third-order valence-corrected chi connectivity index (χ3v) is 6.96. The second-order valence-corrected chi connectivity index (χ2v) is 9.33. The quantitative estimate of drug-likeness (QED) is 0.298. The van der Waals surface area contributed by atoms with Crippen LogP contribution in [-0.2, 0) is 16.0 Å². The number of likely N-dealkylation sites (tertiary alicyclic amines) is 1. The summed E-state index contributed by atoms with van der Waals surface area (Å²) in [5.41, 5.74) is 2.35. The van der Waals surface area contributed by atoms with Crippen molar-refractivity contribution >= 4 is 17.4 Å². The first kappa shape index (κ1) is 25.8. The van der Waals surface area contributed by atoms with E-state index in [0.29, 0.717) is 24.5 Å². The van der Waals surface area contributed by atoms with E-state index in [1.807, 2.05) is 50.2 Å². The van der Waals surface area contributed by atoms with Gasteiger partial charge in [-0.05, 0) is 81.4 Å². The minimum absolute atomic E-state index is 0.0649. The monoisotopic (exact) mass is 492 g/mol. The number of fused-ring (bicyclic) bond motifs is 1. The van der Waals surface area contributed by atoms with E-state index in [-0.39, 0.29) is 17.4 Å². The van der Waals surface area contributed by atoms with Crippen LogP contribution in [0, 0.1) is 0 Å². The Morgan fingerprint density at radius 3 is 2.64 bits per heavy atom. The van der Waals surface area contributed by atoms with Gasteiger partial charge >= 0.3 is 0 Å². The first-order chi connectivity index (χ1) is 17.4. The smallest absolute Gasteiger partial charge is 0.295 e. The van der Waals surface area contributed by atoms with Crippen molar-refractivity contribution in [3.8, 4) is 11.5 Å². The van der Waals surface area contributed by atoms with Crippen LogP contribution in [0.5, 0.6) is 11.5 Å². The maximum Gasteiger partial charge on any atom is 0.295 e. The summed E-state index contributed by atoms with van der Waals surface area (Å²) in [6, 6.07) is 12.2. The Balaban J connectivity index is 1.75. The van der Waals surface area contributed by atoms with E-state index in [1.54, 1.807) is 11.0 Å². The molecule has 2 heterocycles. The molecule has 0 radical (unpaired) electrons. The molecule has 1 amide bonds. The predicted octanol–water partition coefficient (Wildman–Crippen LogP) is 4.56. The molecular formula is C29H36N2O5. The Morgan fingerprint density at radius 2 is 1.92 bits per heavy atom. The molecule has 7 nitrogen and oxygen atoms in total. The SMILES string of the molecule is CCOc1cccc([C@@H]2C(=C(O)c3ccc4c(c3)C[C@H](C)O4)C(=O)C(=O)N2CCCN(CC)CC)c1. The second kappa shape index (κ2) is 11.2. The lowest BCUT2D eigenvalue weighted by molar-refractivity contribution is -0.140. The van der Waals surface area contributed by atoms with Crippen LogP contribution in [0.4, 0.5) is 0 Å². The number of hydrogen-bond acceptors (Lipinski definition) is 6. The zero-order valence-corrected chi connectivity index (χ0v) is 21.6. The van der Waals surface area contributed by atoms with Crippen molar-refractivity contribution in [1.29, 1.82) is 0 Å². The molecule has 0 unspecified atom stereocenters. The summed E-state index contributed by atoms with van der Waals surface area (Å²) >= 11 is 0. The van der Waals surface area contributed by atoms with Crippen molar-refractivity contribution in [1.82, 2.24) is 9.80 Å². The van der Waals surface area contributed by atoms with Crippen LogP contribution < -0.4 is 9.47 Å². The minimum Gasteiger partial charge on any atom is -0.507 e. The van der Waals surface area contributed by atoms with Crippen LogP contribution in [0.1, 0.15) is 56.8 Å². The van der Waals surface area contributed by atoms with Gasteiger partial charge in [0.15, 0.2) is 0 Å². The van der Waals surface area contributed by atoms with E-state index in [2.05, 4.69) is 18.7 Å². The molecular weight excluding hydrogens is 456 g/mol. The summed E-state index contributed by atoms with van der Waals surface area (Å²) < 4.78 is 11.5. The number of nitrogens with zero attached hydrogens (tertiary/aromatic N) is 2. The summed E-state index contributed by atoms with van der Waals surface area (Å²) in [4.78, 5) is 30.5. The fourth-order valence-electron chi connectivity index (χ4n) is 5.13. The van der Waals surface area contributed by atoms with Gasteiger partial charge in [0, 0.05) is 18.5 Å². The maximum absolute atomic E-state index is 13.3. The molecule has 36 heavy (non-hydrogen) atoms. The molecule has 0 aliphatic carbocycles. The zero-order valence-electron chi connectivity index (χ0n) is 21.6. The third kappa shape index (κ3) is 5.12. The van der Waals surface area contributed by atoms with E-state index in [0.717, 1.165) is 49.4 Å². The molecule has 1 fully saturated rings. The zero-order chi connectivity index (χ0) is 25.8. The number of benzene rings is 2. The Kier molecular flexibility index (Phi) is 7.99. The fraction of sp³-hybridized carbons (Fsp3) is 0.448. The topological polar surface area (TPSA) is 79.3 Å². The molecule has 2 atom stereocenters. The molecule has 4 rings (SSSR count). The van der Waals surface area contributed by atoms with Crippen molar-refractivity contribution in [2.45, 2.75) is 52.7 Å². The Hall–Kier alpha value is -3.32. The molecule has 2 aromatic rings. The first-order valence-corrected chi connectivity index (χ1v) is 12.9. The maximum atomic E-state index is 13.3. The number of aliphatic hydroxyl groups excluding tert-OH is 1. The molecule has 0 saturated carbocycles. The van der Waals surface area contributed by atoms with E-state index in [1.165, 1.54) is 0 Å². The van der Waals surface area contributed by atoms with Crippen LogP contribution in [0.25, 0.3) is 5.76 Å². The molecule has 0 spiro atoms. The highest BCUT2D eigenvalue weighted by Crippen LogP contribution is 2.41. The highest BCUT2D eigenvalue weighted by molar-refractivity contribution is 6.46. The molecule has 2 aromatic carbocycles. The van der Waals surface area contributed by atoms with Crippen molar-refractivity contribution < 1.29 is 24.2 Å². The highest BCUT2D eigenvalue weighted by atomic mass is 16.5. The van der Waals surface area contributed by atoms with Crippen molar-refractivity contribution in [3.63, 3.8) is 0 Å². The lowest BCUT2D eigenvalue weighted by Crippen LogP contribution is -2.33. The number of carbonyl (C=O) groups excluding carboxylic acids is 2. The lowest BCUT2D eigenvalue weighted by Gasteiger charge is -2.27. The van der Waals surface area contributed by atoms with Crippen molar-refractivity contribution in [3.05, 3.63) is 64.7 Å². The number of ether oxygens (including phenoxy) is 2. The second-order valence-electron chi connectivity index (χ2n) is 9.33. The number of rotatable bonds is 10. The van der Waals surface area contributed by atoms with E-state index in [4.69, 9.17) is 9.47 Å². The van der Waals surface area contributed by atoms with Gasteiger partial charge in [0.25, 0.3) is 11.7 Å². The molecule has 2 aliphatic heterocycles. The largest absolute Gasteiger partial charge is 0.507 e. The standard InChI is InChI=1S/C29H36N2O5/c1-5-30(6-2)14-9-15-31-26(20-10-8-11-23(18-20)35-7-3)25(28(33)29(31)34)27(32)21-12-13-24-22(17-21)16-19(4)36-24/h8,10-13,17-19,26,32H,5-7,9,14-16H2,1-4H3/t19-,26+/m0/s1. The van der Waals surface area contributed by atoms with Gasteiger partial charge in [0.1, 0.15) is 23.4 Å². The van der Waals surface area contributed by atoms with Crippen LogP contribution in [-0.4, -0.2) is 65.5 Å². The summed E-state index contributed by atoms with van der Waals surface area (Å²) in [6.07, 6.45) is 1.52. The number of amides is 1. The van der Waals surface area contributed by atoms with Gasteiger partial charge in [-0.3, -0.25) is 9.59 Å². The average Bonchev–Trinajstić information content (AvgIpc) is 3.37. The predicted molar refractivity (Wildman–Crippen MR) is 139 cm³/mol. The van der Waals surface area contributed by atoms with Gasteiger partial charge in [-0.15, -0.1) is 0 Å². The van der Waals surface area contributed by atoms with Gasteiger partial charge in [0.2, 0.25) is 0 Å². The van der Waals surface area contributed by atoms with E-state index < -0.39 is 17.7 Å². The molecule has 1 N–H and O–H groups in total. The Bertz CT molecular complexity index is 1150. The van der Waals surface area contributed by atoms with Crippen LogP contribution >= 0.6 is 0 Å². The third-order valence-electron chi connectivity index (χ3n) is 6.96. The number of hydrogen-bond donors (Lipinski definition) is 1. The fourth-order valence-corrected chi connectivity index (χ4v) is 5.13. The van der Waals surface area contributed by atoms with Crippen molar-refractivity contribution in [2.75, 3.05) is 32.8 Å². The van der Waals surface area contributed by atoms with Crippen LogP contribution in [0.15, 0.2) is 48.0 Å². The molecule has 192 valence electrons. The minimum atomic E-state index is -0.689. The normalized spacial score (nSPS) is 20.6. The van der Waals surface area contributed by atoms with Gasteiger partial charge in [-0.25, -0.2) is 0 Å². The first-order valence-electron chi connectivity index (χ1n) is 12.9. The molecule has 1 saturated heterocycles. The summed E-state index contributed by atoms with van der Waals surface area (Å²) in [5.74, 6) is 0.0475. The van der Waals surface area contributed by atoms with Crippen LogP contribution in [0.2, 0.25) is 0 Å². The number of aliphatic hydroxyl groups is 1. The molecule has 2 aliphatic rings. The van der Waals surface area contributed by atoms with Crippen LogP contribution in [0.3, 0.4) is 0 Å². The number of carbonyl (C=O) groups is 2. The van der Waals surface area contributed by atoms with Crippen molar-refractivity contribution in [2.24, 2.45) is 0 Å². The number of Topliss-reactive ketones (excluding diaryl/α,β-unsaturated/α-hetero) is 1. The average molecular weight is 493 g/mol. The van der Waals surface area contributed by atoms with Gasteiger partial charge in [0.05, 0.1) is 18.2 Å². The Morgan fingerprint density at radius 1 is 1.14 bits per heavy atom. The van der Waals surface area contributed by atoms with E-state index in [9.17, 15) is 14.7 Å². The summed E-state index contributed by atoms with van der Waals surface area (Å²) in [6.45, 7) is 11.7. The summed E-state index contributed by atoms with van der Waals surface area (Å²) in [5, 5.41) is 11.4. The molecule has 0 aromatic heterocycles. The Labute approximate surface area is 213 Å². The van der Waals surface area contributed by atoms with Gasteiger partial charge in [-0.1, -0.05) is 26.0 Å². The molecule has 7 heteroatoms. The molecule has 0 bridgehead atoms. The summed E-state index contributed by atoms with van der Waals surface area (Å²) in [7, 11) is 0.